The Labute approximate surface area is 148 Å². The first kappa shape index (κ1) is 16.5. The lowest BCUT2D eigenvalue weighted by Gasteiger charge is -2.35. The molecule has 9 heteroatoms. The molecule has 1 atom stereocenters. The van der Waals surface area contributed by atoms with Gasteiger partial charge in [-0.05, 0) is 29.8 Å². The molecule has 1 N–H and O–H groups in total. The number of hydrogen-bond acceptors (Lipinski definition) is 6. The number of halogens is 1. The summed E-state index contributed by atoms with van der Waals surface area (Å²) in [5.74, 6) is -0.383. The molecule has 1 unspecified atom stereocenters. The van der Waals surface area contributed by atoms with Crippen LogP contribution in [0.1, 0.15) is 11.6 Å². The molecule has 0 aliphatic carbocycles. The monoisotopic (exact) mass is 378 g/mol. The van der Waals surface area contributed by atoms with E-state index in [-0.39, 0.29) is 10.7 Å². The summed E-state index contributed by atoms with van der Waals surface area (Å²) < 4.78 is 49.9. The summed E-state index contributed by atoms with van der Waals surface area (Å²) in [5, 5.41) is 3.18. The summed E-state index contributed by atoms with van der Waals surface area (Å²) in [6.45, 7) is 1.27. The second kappa shape index (κ2) is 6.41. The Morgan fingerprint density at radius 3 is 2.88 bits per heavy atom. The molecule has 1 saturated heterocycles. The van der Waals surface area contributed by atoms with Gasteiger partial charge in [-0.15, -0.1) is 0 Å². The van der Waals surface area contributed by atoms with Crippen LogP contribution in [0.15, 0.2) is 47.4 Å². The van der Waals surface area contributed by atoms with E-state index in [0.717, 1.165) is 11.7 Å². The van der Waals surface area contributed by atoms with Crippen LogP contribution in [0.2, 0.25) is 0 Å². The number of rotatable bonds is 3. The van der Waals surface area contributed by atoms with E-state index in [1.807, 2.05) is 0 Å². The van der Waals surface area contributed by atoms with Gasteiger partial charge in [0.1, 0.15) is 21.7 Å². The highest BCUT2D eigenvalue weighted by atomic mass is 32.2. The highest BCUT2D eigenvalue weighted by Crippen LogP contribution is 2.31. The standard InChI is InChI=1S/C16H15FN4O2S2/c17-12-4-1-3-11(9-12)14-10-18-7-8-21(14)25(22,23)15-6-2-5-13-16(15)20-24-19-13/h1-6,9,14,18H,7-8,10H2. The first-order chi connectivity index (χ1) is 12.1. The number of fused-ring (bicyclic) bond motifs is 1. The van der Waals surface area contributed by atoms with Gasteiger partial charge in [0.05, 0.1) is 17.8 Å². The van der Waals surface area contributed by atoms with Crippen LogP contribution < -0.4 is 5.32 Å². The lowest BCUT2D eigenvalue weighted by molar-refractivity contribution is 0.271. The van der Waals surface area contributed by atoms with Gasteiger partial charge in [0.15, 0.2) is 0 Å². The van der Waals surface area contributed by atoms with E-state index in [9.17, 15) is 12.8 Å². The molecule has 0 amide bonds. The fourth-order valence-corrected chi connectivity index (χ4v) is 5.46. The second-order valence-electron chi connectivity index (χ2n) is 5.78. The predicted octanol–water partition coefficient (Wildman–Crippen LogP) is 2.17. The molecular weight excluding hydrogens is 363 g/mol. The minimum atomic E-state index is -3.79. The summed E-state index contributed by atoms with van der Waals surface area (Å²) in [4.78, 5) is 0.141. The molecule has 1 aliphatic heterocycles. The van der Waals surface area contributed by atoms with Gasteiger partial charge in [-0.3, -0.25) is 0 Å². The van der Waals surface area contributed by atoms with Crippen LogP contribution in [0.3, 0.4) is 0 Å². The van der Waals surface area contributed by atoms with E-state index in [1.165, 1.54) is 16.4 Å². The van der Waals surface area contributed by atoms with Crippen molar-refractivity contribution in [3.63, 3.8) is 0 Å². The van der Waals surface area contributed by atoms with Crippen molar-refractivity contribution in [3.05, 3.63) is 53.8 Å². The molecule has 130 valence electrons. The summed E-state index contributed by atoms with van der Waals surface area (Å²) in [6.07, 6.45) is 0. The molecular formula is C16H15FN4O2S2. The summed E-state index contributed by atoms with van der Waals surface area (Å²) >= 11 is 0.984. The molecule has 0 spiro atoms. The summed E-state index contributed by atoms with van der Waals surface area (Å²) in [6, 6.07) is 10.5. The first-order valence-corrected chi connectivity index (χ1v) is 9.94. The van der Waals surface area contributed by atoms with Crippen molar-refractivity contribution in [2.45, 2.75) is 10.9 Å². The fraction of sp³-hybridized carbons (Fsp3) is 0.250. The van der Waals surface area contributed by atoms with E-state index < -0.39 is 16.1 Å². The third-order valence-corrected chi connectivity index (χ3v) is 6.75. The third kappa shape index (κ3) is 2.93. The smallest absolute Gasteiger partial charge is 0.245 e. The Hall–Kier alpha value is -1.94. The molecule has 0 bridgehead atoms. The Morgan fingerprint density at radius 2 is 2.04 bits per heavy atom. The molecule has 2 aromatic carbocycles. The van der Waals surface area contributed by atoms with E-state index >= 15 is 0 Å². The van der Waals surface area contributed by atoms with Crippen LogP contribution in [0, 0.1) is 5.82 Å². The Balaban J connectivity index is 1.81. The zero-order chi connectivity index (χ0) is 17.4. The van der Waals surface area contributed by atoms with Gasteiger partial charge in [-0.25, -0.2) is 12.8 Å². The van der Waals surface area contributed by atoms with Gasteiger partial charge >= 0.3 is 0 Å². The Bertz CT molecular complexity index is 1020. The van der Waals surface area contributed by atoms with Gasteiger partial charge in [0.2, 0.25) is 10.0 Å². The lowest BCUT2D eigenvalue weighted by Crippen LogP contribution is -2.48. The van der Waals surface area contributed by atoms with Crippen molar-refractivity contribution in [3.8, 4) is 0 Å². The van der Waals surface area contributed by atoms with Crippen molar-refractivity contribution in [1.82, 2.24) is 18.4 Å². The maximum absolute atomic E-state index is 13.6. The van der Waals surface area contributed by atoms with Crippen LogP contribution >= 0.6 is 11.7 Å². The average Bonchev–Trinajstić information content (AvgIpc) is 3.10. The molecule has 1 aliphatic rings. The van der Waals surface area contributed by atoms with E-state index in [2.05, 4.69) is 14.1 Å². The minimum Gasteiger partial charge on any atom is -0.313 e. The van der Waals surface area contributed by atoms with E-state index in [0.29, 0.717) is 36.2 Å². The highest BCUT2D eigenvalue weighted by molar-refractivity contribution is 7.89. The van der Waals surface area contributed by atoms with Crippen molar-refractivity contribution < 1.29 is 12.8 Å². The molecule has 0 saturated carbocycles. The second-order valence-corrected chi connectivity index (χ2v) is 8.17. The van der Waals surface area contributed by atoms with Crippen molar-refractivity contribution in [1.29, 1.82) is 0 Å². The van der Waals surface area contributed by atoms with Gasteiger partial charge in [-0.1, -0.05) is 18.2 Å². The Kier molecular flexibility index (Phi) is 4.24. The molecule has 6 nitrogen and oxygen atoms in total. The van der Waals surface area contributed by atoms with Crippen LogP contribution in [0.5, 0.6) is 0 Å². The van der Waals surface area contributed by atoms with E-state index in [1.54, 1.807) is 30.3 Å². The number of aromatic nitrogens is 2. The van der Waals surface area contributed by atoms with Crippen molar-refractivity contribution >= 4 is 32.8 Å². The third-order valence-electron chi connectivity index (χ3n) is 4.26. The molecule has 2 heterocycles. The van der Waals surface area contributed by atoms with Crippen LogP contribution in [-0.2, 0) is 10.0 Å². The fourth-order valence-electron chi connectivity index (χ4n) is 3.09. The normalized spacial score (nSPS) is 19.3. The van der Waals surface area contributed by atoms with Crippen LogP contribution in [-0.4, -0.2) is 41.1 Å². The number of sulfonamides is 1. The van der Waals surface area contributed by atoms with Gasteiger partial charge < -0.3 is 5.32 Å². The lowest BCUT2D eigenvalue weighted by atomic mass is 10.1. The molecule has 4 rings (SSSR count). The summed E-state index contributed by atoms with van der Waals surface area (Å²) in [5.41, 5.74) is 1.56. The van der Waals surface area contributed by atoms with Gasteiger partial charge in [0, 0.05) is 19.6 Å². The topological polar surface area (TPSA) is 75.2 Å². The van der Waals surface area contributed by atoms with Crippen LogP contribution in [0.4, 0.5) is 4.39 Å². The van der Waals surface area contributed by atoms with Gasteiger partial charge in [0.25, 0.3) is 0 Å². The SMILES string of the molecule is O=S(=O)(c1cccc2nsnc12)N1CCNCC1c1cccc(F)c1. The quantitative estimate of drug-likeness (QED) is 0.756. The van der Waals surface area contributed by atoms with Crippen LogP contribution in [0.25, 0.3) is 11.0 Å². The molecule has 1 aromatic heterocycles. The minimum absolute atomic E-state index is 0.141. The van der Waals surface area contributed by atoms with E-state index in [4.69, 9.17) is 0 Å². The predicted molar refractivity (Wildman–Crippen MR) is 93.3 cm³/mol. The number of benzene rings is 2. The largest absolute Gasteiger partial charge is 0.313 e. The Morgan fingerprint density at radius 1 is 1.20 bits per heavy atom. The van der Waals surface area contributed by atoms with Gasteiger partial charge in [-0.2, -0.15) is 13.1 Å². The maximum Gasteiger partial charge on any atom is 0.245 e. The number of hydrogen-bond donors (Lipinski definition) is 1. The molecule has 0 radical (unpaired) electrons. The highest BCUT2D eigenvalue weighted by Gasteiger charge is 2.36. The average molecular weight is 378 g/mol. The summed E-state index contributed by atoms with van der Waals surface area (Å²) in [7, 11) is -3.79. The van der Waals surface area contributed by atoms with Crippen molar-refractivity contribution in [2.75, 3.05) is 19.6 Å². The maximum atomic E-state index is 13.6. The molecule has 25 heavy (non-hydrogen) atoms. The van der Waals surface area contributed by atoms with Crippen molar-refractivity contribution in [2.24, 2.45) is 0 Å². The first-order valence-electron chi connectivity index (χ1n) is 7.77. The zero-order valence-corrected chi connectivity index (χ0v) is 14.7. The number of piperazine rings is 1. The molecule has 1 fully saturated rings. The zero-order valence-electron chi connectivity index (χ0n) is 13.1. The molecule has 3 aromatic rings. The number of nitrogens with one attached hydrogen (secondary N) is 1. The number of nitrogens with zero attached hydrogens (tertiary/aromatic N) is 3.